The Bertz CT molecular complexity index is 789. The van der Waals surface area contributed by atoms with Crippen molar-refractivity contribution in [2.75, 3.05) is 18.5 Å². The standard InChI is InChI=1S/C17H27N5O4/c1-3-5-7-18-17-20-14-12(15(25)21-17)19-9-22(14)16-13(24)10(6-4-2)11(8-23)26-16/h9-11,13,16,23-24H,3-8H2,1-2H3,(H2,18,20,21,25). The Labute approximate surface area is 151 Å². The summed E-state index contributed by atoms with van der Waals surface area (Å²) in [5, 5.41) is 23.4. The molecule has 0 aliphatic carbocycles. The van der Waals surface area contributed by atoms with E-state index in [1.807, 2.05) is 6.92 Å². The van der Waals surface area contributed by atoms with Gasteiger partial charge in [0.2, 0.25) is 5.95 Å². The lowest BCUT2D eigenvalue weighted by molar-refractivity contribution is -0.0493. The van der Waals surface area contributed by atoms with Crippen LogP contribution >= 0.6 is 0 Å². The number of imidazole rings is 1. The lowest BCUT2D eigenvalue weighted by Gasteiger charge is -2.18. The van der Waals surface area contributed by atoms with E-state index in [0.717, 1.165) is 25.7 Å². The summed E-state index contributed by atoms with van der Waals surface area (Å²) in [4.78, 5) is 23.5. The second-order valence-corrected chi connectivity index (χ2v) is 6.71. The number of ether oxygens (including phenoxy) is 1. The zero-order valence-corrected chi connectivity index (χ0v) is 15.2. The molecule has 0 spiro atoms. The number of unbranched alkanes of at least 4 members (excludes halogenated alkanes) is 1. The fraction of sp³-hybridized carbons (Fsp3) is 0.706. The number of anilines is 1. The van der Waals surface area contributed by atoms with Crippen LogP contribution in [0.5, 0.6) is 0 Å². The molecule has 26 heavy (non-hydrogen) atoms. The third-order valence-electron chi connectivity index (χ3n) is 4.85. The predicted octanol–water partition coefficient (Wildman–Crippen LogP) is 0.998. The Kier molecular flexibility index (Phi) is 5.90. The first-order valence-electron chi connectivity index (χ1n) is 9.25. The molecule has 3 heterocycles. The summed E-state index contributed by atoms with van der Waals surface area (Å²) in [5.74, 6) is 0.200. The maximum absolute atomic E-state index is 12.3. The predicted molar refractivity (Wildman–Crippen MR) is 96.9 cm³/mol. The molecule has 0 saturated carbocycles. The van der Waals surface area contributed by atoms with Crippen LogP contribution in [0.2, 0.25) is 0 Å². The summed E-state index contributed by atoms with van der Waals surface area (Å²) in [6.45, 7) is 4.64. The number of hydrogen-bond donors (Lipinski definition) is 4. The Morgan fingerprint density at radius 3 is 2.88 bits per heavy atom. The summed E-state index contributed by atoms with van der Waals surface area (Å²) in [6, 6.07) is 0. The number of rotatable bonds is 8. The second kappa shape index (κ2) is 8.15. The number of aliphatic hydroxyl groups is 2. The first kappa shape index (κ1) is 18.8. The van der Waals surface area contributed by atoms with E-state index in [9.17, 15) is 15.0 Å². The van der Waals surface area contributed by atoms with E-state index in [1.165, 1.54) is 6.33 Å². The summed E-state index contributed by atoms with van der Waals surface area (Å²) in [7, 11) is 0. The minimum atomic E-state index is -0.804. The van der Waals surface area contributed by atoms with Crippen LogP contribution in [0.15, 0.2) is 11.1 Å². The number of hydrogen-bond acceptors (Lipinski definition) is 7. The quantitative estimate of drug-likeness (QED) is 0.514. The first-order chi connectivity index (χ1) is 12.6. The van der Waals surface area contributed by atoms with Crippen molar-refractivity contribution in [3.8, 4) is 0 Å². The van der Waals surface area contributed by atoms with Gasteiger partial charge in [-0.05, 0) is 12.8 Å². The molecule has 3 rings (SSSR count). The number of aromatic nitrogens is 4. The zero-order valence-electron chi connectivity index (χ0n) is 15.2. The van der Waals surface area contributed by atoms with Crippen molar-refractivity contribution in [1.82, 2.24) is 19.5 Å². The summed E-state index contributed by atoms with van der Waals surface area (Å²) >= 11 is 0. The molecular formula is C17H27N5O4. The van der Waals surface area contributed by atoms with Gasteiger partial charge in [-0.3, -0.25) is 14.3 Å². The van der Waals surface area contributed by atoms with Crippen molar-refractivity contribution in [1.29, 1.82) is 0 Å². The Balaban J connectivity index is 1.93. The van der Waals surface area contributed by atoms with Gasteiger partial charge in [-0.15, -0.1) is 0 Å². The lowest BCUT2D eigenvalue weighted by atomic mass is 9.93. The zero-order chi connectivity index (χ0) is 18.7. The molecule has 4 unspecified atom stereocenters. The molecule has 1 fully saturated rings. The Morgan fingerprint density at radius 2 is 2.19 bits per heavy atom. The third-order valence-corrected chi connectivity index (χ3v) is 4.85. The lowest BCUT2D eigenvalue weighted by Crippen LogP contribution is -2.28. The number of nitrogens with zero attached hydrogens (tertiary/aromatic N) is 3. The minimum Gasteiger partial charge on any atom is -0.394 e. The average molecular weight is 365 g/mol. The molecule has 9 nitrogen and oxygen atoms in total. The van der Waals surface area contributed by atoms with Crippen LogP contribution in [0, 0.1) is 5.92 Å². The summed E-state index contributed by atoms with van der Waals surface area (Å²) < 4.78 is 7.45. The van der Waals surface area contributed by atoms with E-state index in [4.69, 9.17) is 4.74 Å². The largest absolute Gasteiger partial charge is 0.394 e. The van der Waals surface area contributed by atoms with Crippen molar-refractivity contribution in [2.45, 2.75) is 58.0 Å². The fourth-order valence-corrected chi connectivity index (χ4v) is 3.47. The van der Waals surface area contributed by atoms with Crippen LogP contribution in [-0.2, 0) is 4.74 Å². The van der Waals surface area contributed by atoms with Gasteiger partial charge in [0.1, 0.15) is 6.10 Å². The molecule has 4 N–H and O–H groups in total. The van der Waals surface area contributed by atoms with Gasteiger partial charge in [0, 0.05) is 12.5 Å². The molecule has 0 amide bonds. The van der Waals surface area contributed by atoms with Gasteiger partial charge in [-0.2, -0.15) is 4.98 Å². The van der Waals surface area contributed by atoms with Gasteiger partial charge in [0.15, 0.2) is 17.4 Å². The Morgan fingerprint density at radius 1 is 1.38 bits per heavy atom. The first-order valence-corrected chi connectivity index (χ1v) is 9.25. The normalized spacial score (nSPS) is 25.8. The van der Waals surface area contributed by atoms with E-state index in [2.05, 4.69) is 27.2 Å². The monoisotopic (exact) mass is 365 g/mol. The highest BCUT2D eigenvalue weighted by atomic mass is 16.5. The third kappa shape index (κ3) is 3.46. The van der Waals surface area contributed by atoms with Gasteiger partial charge in [-0.25, -0.2) is 4.98 Å². The van der Waals surface area contributed by atoms with E-state index in [-0.39, 0.29) is 23.6 Å². The molecule has 1 saturated heterocycles. The van der Waals surface area contributed by atoms with Crippen molar-refractivity contribution in [3.63, 3.8) is 0 Å². The molecular weight excluding hydrogens is 338 g/mol. The maximum Gasteiger partial charge on any atom is 0.280 e. The van der Waals surface area contributed by atoms with Crippen molar-refractivity contribution < 1.29 is 14.9 Å². The molecule has 2 aromatic heterocycles. The maximum atomic E-state index is 12.3. The highest BCUT2D eigenvalue weighted by molar-refractivity contribution is 5.70. The van der Waals surface area contributed by atoms with Gasteiger partial charge in [-0.1, -0.05) is 26.7 Å². The highest BCUT2D eigenvalue weighted by Crippen LogP contribution is 2.37. The topological polar surface area (TPSA) is 125 Å². The molecule has 0 aromatic carbocycles. The molecule has 9 heteroatoms. The molecule has 2 aromatic rings. The van der Waals surface area contributed by atoms with Crippen LogP contribution in [0.3, 0.4) is 0 Å². The van der Waals surface area contributed by atoms with Crippen molar-refractivity contribution in [3.05, 3.63) is 16.7 Å². The molecule has 0 radical (unpaired) electrons. The van der Waals surface area contributed by atoms with Crippen molar-refractivity contribution in [2.24, 2.45) is 5.92 Å². The number of fused-ring (bicyclic) bond motifs is 1. The SMILES string of the molecule is CCCCNc1nc2c(ncn2C2OC(CO)C(CCC)C2O)c(=O)[nH]1. The molecule has 4 atom stereocenters. The van der Waals surface area contributed by atoms with Gasteiger partial charge < -0.3 is 20.3 Å². The number of aliphatic hydroxyl groups excluding tert-OH is 2. The van der Waals surface area contributed by atoms with Gasteiger partial charge in [0.05, 0.1) is 19.0 Å². The van der Waals surface area contributed by atoms with Crippen LogP contribution in [0.25, 0.3) is 11.2 Å². The van der Waals surface area contributed by atoms with Crippen LogP contribution < -0.4 is 10.9 Å². The summed E-state index contributed by atoms with van der Waals surface area (Å²) in [6.07, 6.45) is 3.09. The highest BCUT2D eigenvalue weighted by Gasteiger charge is 2.44. The van der Waals surface area contributed by atoms with Crippen molar-refractivity contribution >= 4 is 17.1 Å². The number of aromatic amines is 1. The minimum absolute atomic E-state index is 0.164. The molecule has 1 aliphatic heterocycles. The van der Waals surface area contributed by atoms with Gasteiger partial charge >= 0.3 is 0 Å². The fourth-order valence-electron chi connectivity index (χ4n) is 3.47. The smallest absolute Gasteiger partial charge is 0.280 e. The molecule has 144 valence electrons. The molecule has 0 bridgehead atoms. The van der Waals surface area contributed by atoms with E-state index in [1.54, 1.807) is 4.57 Å². The van der Waals surface area contributed by atoms with Crippen LogP contribution in [0.4, 0.5) is 5.95 Å². The van der Waals surface area contributed by atoms with E-state index >= 15 is 0 Å². The average Bonchev–Trinajstić information content (AvgIpc) is 3.18. The Hall–Kier alpha value is -1.97. The second-order valence-electron chi connectivity index (χ2n) is 6.71. The molecule has 1 aliphatic rings. The van der Waals surface area contributed by atoms with E-state index < -0.39 is 18.4 Å². The number of nitrogens with one attached hydrogen (secondary N) is 2. The van der Waals surface area contributed by atoms with E-state index in [0.29, 0.717) is 18.1 Å². The van der Waals surface area contributed by atoms with Crippen LogP contribution in [-0.4, -0.2) is 55.1 Å². The van der Waals surface area contributed by atoms with Crippen LogP contribution in [0.1, 0.15) is 45.8 Å². The number of H-pyrrole nitrogens is 1. The van der Waals surface area contributed by atoms with Gasteiger partial charge in [0.25, 0.3) is 5.56 Å². The summed E-state index contributed by atoms with van der Waals surface area (Å²) in [5.41, 5.74) is 0.205.